The fraction of sp³-hybridized carbons (Fsp3) is 0.765. The summed E-state index contributed by atoms with van der Waals surface area (Å²) in [5, 5.41) is 50.2. The van der Waals surface area contributed by atoms with Gasteiger partial charge in [-0.15, -0.1) is 0 Å². The second-order valence-corrected chi connectivity index (χ2v) is 18.7. The first-order valence-corrected chi connectivity index (χ1v) is 26.6. The van der Waals surface area contributed by atoms with Crippen molar-refractivity contribution >= 4 is 19.8 Å². The monoisotopic (exact) mass is 941 g/mol. The van der Waals surface area contributed by atoms with Crippen LogP contribution in [0.25, 0.3) is 0 Å². The third-order valence-corrected chi connectivity index (χ3v) is 12.3. The van der Waals surface area contributed by atoms with Crippen LogP contribution in [0.1, 0.15) is 194 Å². The zero-order valence-electron chi connectivity index (χ0n) is 40.0. The van der Waals surface area contributed by atoms with E-state index in [1.54, 1.807) is 0 Å². The quantitative estimate of drug-likeness (QED) is 0.0146. The Hall–Kier alpha value is -2.45. The molecule has 13 nitrogen and oxygen atoms in total. The summed E-state index contributed by atoms with van der Waals surface area (Å²) < 4.78 is 33.6. The second kappa shape index (κ2) is 40.6. The second-order valence-electron chi connectivity index (χ2n) is 17.3. The molecule has 0 aromatic rings. The topological polar surface area (TPSA) is 210 Å². The van der Waals surface area contributed by atoms with Crippen molar-refractivity contribution in [3.63, 3.8) is 0 Å². The zero-order valence-corrected chi connectivity index (χ0v) is 40.9. The number of carbonyl (C=O) groups excluding carboxylic acids is 2. The lowest BCUT2D eigenvalue weighted by Crippen LogP contribution is -2.64. The SMILES string of the molecule is CC/C=C/C/C=C/C/C=C/C/C=C/CCCCC(=O)OC[C@H](COP(=O)(O)OC1C(O)C(O)C(O)[C@@H](O)C1O)OC(=O)CCCCCCCCCCCCC/C=C/CCCCCCCC. The molecular weight excluding hydrogens is 852 g/mol. The van der Waals surface area contributed by atoms with Crippen molar-refractivity contribution < 1.29 is 63.1 Å². The fourth-order valence-electron chi connectivity index (χ4n) is 7.33. The van der Waals surface area contributed by atoms with Crippen LogP contribution in [0.3, 0.4) is 0 Å². The van der Waals surface area contributed by atoms with Crippen LogP contribution in [-0.2, 0) is 32.7 Å². The Labute approximate surface area is 392 Å². The number of aliphatic hydroxyl groups is 5. The van der Waals surface area contributed by atoms with E-state index in [1.165, 1.54) is 89.9 Å². The molecule has 6 N–H and O–H groups in total. The molecule has 1 fully saturated rings. The molecule has 65 heavy (non-hydrogen) atoms. The molecule has 0 saturated heterocycles. The number of phosphoric acid groups is 1. The van der Waals surface area contributed by atoms with Gasteiger partial charge in [0.1, 0.15) is 43.2 Å². The van der Waals surface area contributed by atoms with Crippen LogP contribution < -0.4 is 0 Å². The molecule has 0 spiro atoms. The number of unbranched alkanes of at least 4 members (excludes halogenated alkanes) is 19. The molecule has 0 aromatic carbocycles. The van der Waals surface area contributed by atoms with E-state index in [1.807, 2.05) is 0 Å². The number of carbonyl (C=O) groups is 2. The van der Waals surface area contributed by atoms with Gasteiger partial charge in [-0.05, 0) is 77.0 Å². The van der Waals surface area contributed by atoms with Crippen LogP contribution in [0.5, 0.6) is 0 Å². The predicted octanol–water partition coefficient (Wildman–Crippen LogP) is 10.5. The highest BCUT2D eigenvalue weighted by atomic mass is 31.2. The maximum Gasteiger partial charge on any atom is 0.472 e. The minimum atomic E-state index is -5.13. The van der Waals surface area contributed by atoms with Gasteiger partial charge in [0, 0.05) is 12.8 Å². The maximum atomic E-state index is 12.8. The van der Waals surface area contributed by atoms with E-state index in [2.05, 4.69) is 74.6 Å². The Morgan fingerprint density at radius 3 is 1.38 bits per heavy atom. The Kier molecular flexibility index (Phi) is 37.8. The summed E-state index contributed by atoms with van der Waals surface area (Å²) in [6, 6.07) is 0. The van der Waals surface area contributed by atoms with Gasteiger partial charge in [0.2, 0.25) is 0 Å². The van der Waals surface area contributed by atoms with E-state index in [4.69, 9.17) is 18.5 Å². The number of hydrogen-bond donors (Lipinski definition) is 6. The van der Waals surface area contributed by atoms with Crippen LogP contribution >= 0.6 is 7.82 Å². The summed E-state index contributed by atoms with van der Waals surface area (Å²) in [6.07, 6.45) is 37.0. The van der Waals surface area contributed by atoms with E-state index >= 15 is 0 Å². The fourth-order valence-corrected chi connectivity index (χ4v) is 8.30. The first kappa shape index (κ1) is 60.6. The van der Waals surface area contributed by atoms with E-state index in [9.17, 15) is 44.6 Å². The van der Waals surface area contributed by atoms with Gasteiger partial charge in [0.25, 0.3) is 0 Å². The molecule has 0 aromatic heterocycles. The molecule has 14 heteroatoms. The van der Waals surface area contributed by atoms with Gasteiger partial charge in [-0.1, -0.05) is 164 Å². The maximum absolute atomic E-state index is 12.8. The lowest BCUT2D eigenvalue weighted by Gasteiger charge is -2.41. The Morgan fingerprint density at radius 1 is 0.492 bits per heavy atom. The Bertz CT molecular complexity index is 1370. The van der Waals surface area contributed by atoms with Crippen LogP contribution in [-0.4, -0.2) is 98.3 Å². The number of esters is 2. The van der Waals surface area contributed by atoms with Crippen molar-refractivity contribution in [2.75, 3.05) is 13.2 Å². The van der Waals surface area contributed by atoms with Gasteiger partial charge in [0.05, 0.1) is 6.61 Å². The number of rotatable bonds is 41. The standard InChI is InChI=1S/C51H89O13P/c1-3-5-7-9-11-13-15-17-19-20-21-22-23-24-26-28-30-32-34-36-38-40-45(53)63-43(42-62-65(59,60)64-51-49(57)47(55)46(54)48(56)50(51)58)41-61-44(52)39-37-35-33-31-29-27-25-18-16-14-12-10-8-6-4-2/h6,8,12,14,17-19,25,29,31,43,46-51,54-58H,3-5,7,9-11,13,15-16,20-24,26-28,30,32-42H2,1-2H3,(H,59,60)/b8-6+,14-12+,19-17+,25-18+,31-29+/t43-,46?,47-,48?,49?,50?,51?/m1/s1. The Balaban J connectivity index is 2.42. The van der Waals surface area contributed by atoms with E-state index in [-0.39, 0.29) is 12.8 Å². The minimum Gasteiger partial charge on any atom is -0.462 e. The summed E-state index contributed by atoms with van der Waals surface area (Å²) in [7, 11) is -5.13. The first-order chi connectivity index (χ1) is 31.4. The number of aliphatic hydroxyl groups excluding tert-OH is 5. The minimum absolute atomic E-state index is 0.0851. The van der Waals surface area contributed by atoms with Gasteiger partial charge in [-0.25, -0.2) is 4.57 Å². The predicted molar refractivity (Wildman–Crippen MR) is 258 cm³/mol. The van der Waals surface area contributed by atoms with Crippen LogP contribution in [0.15, 0.2) is 60.8 Å². The first-order valence-electron chi connectivity index (χ1n) is 25.1. The molecular formula is C51H89O13P. The number of phosphoric ester groups is 1. The van der Waals surface area contributed by atoms with E-state index in [0.717, 1.165) is 64.2 Å². The summed E-state index contributed by atoms with van der Waals surface area (Å²) in [5.41, 5.74) is 0. The average molecular weight is 941 g/mol. The molecule has 0 heterocycles. The molecule has 1 aliphatic carbocycles. The van der Waals surface area contributed by atoms with Gasteiger partial charge in [-0.3, -0.25) is 18.6 Å². The van der Waals surface area contributed by atoms with Crippen LogP contribution in [0.2, 0.25) is 0 Å². The van der Waals surface area contributed by atoms with Gasteiger partial charge in [-0.2, -0.15) is 0 Å². The van der Waals surface area contributed by atoms with Crippen molar-refractivity contribution in [2.24, 2.45) is 0 Å². The molecule has 1 aliphatic rings. The molecule has 6 unspecified atom stereocenters. The van der Waals surface area contributed by atoms with E-state index in [0.29, 0.717) is 12.8 Å². The molecule has 0 bridgehead atoms. The lowest BCUT2D eigenvalue weighted by molar-refractivity contribution is -0.220. The zero-order chi connectivity index (χ0) is 47.8. The Morgan fingerprint density at radius 2 is 0.877 bits per heavy atom. The highest BCUT2D eigenvalue weighted by Gasteiger charge is 2.51. The molecule has 0 amide bonds. The van der Waals surface area contributed by atoms with Gasteiger partial charge < -0.3 is 39.9 Å². The summed E-state index contributed by atoms with van der Waals surface area (Å²) in [5.74, 6) is -1.15. The normalized spacial score (nSPS) is 21.9. The summed E-state index contributed by atoms with van der Waals surface area (Å²) >= 11 is 0. The molecule has 0 aliphatic heterocycles. The molecule has 376 valence electrons. The third-order valence-electron chi connectivity index (χ3n) is 11.3. The average Bonchev–Trinajstić information content (AvgIpc) is 3.29. The summed E-state index contributed by atoms with van der Waals surface area (Å²) in [4.78, 5) is 35.8. The highest BCUT2D eigenvalue weighted by molar-refractivity contribution is 7.47. The van der Waals surface area contributed by atoms with Crippen molar-refractivity contribution in [1.29, 1.82) is 0 Å². The molecule has 8 atom stereocenters. The number of hydrogen-bond acceptors (Lipinski definition) is 12. The van der Waals surface area contributed by atoms with Gasteiger partial charge in [0.15, 0.2) is 6.10 Å². The summed E-state index contributed by atoms with van der Waals surface area (Å²) in [6.45, 7) is 3.16. The van der Waals surface area contributed by atoms with Crippen molar-refractivity contribution in [1.82, 2.24) is 0 Å². The van der Waals surface area contributed by atoms with Crippen LogP contribution in [0.4, 0.5) is 0 Å². The lowest BCUT2D eigenvalue weighted by atomic mass is 9.85. The molecule has 1 saturated carbocycles. The van der Waals surface area contributed by atoms with Crippen molar-refractivity contribution in [2.45, 2.75) is 236 Å². The molecule has 1 rings (SSSR count). The number of allylic oxidation sites excluding steroid dienone is 10. The van der Waals surface area contributed by atoms with Gasteiger partial charge >= 0.3 is 19.8 Å². The van der Waals surface area contributed by atoms with Crippen molar-refractivity contribution in [3.8, 4) is 0 Å². The third kappa shape index (κ3) is 32.8. The van der Waals surface area contributed by atoms with Crippen LogP contribution in [0, 0.1) is 0 Å². The molecule has 0 radical (unpaired) electrons. The highest BCUT2D eigenvalue weighted by Crippen LogP contribution is 2.47. The van der Waals surface area contributed by atoms with E-state index < -0.39 is 75.7 Å². The smallest absolute Gasteiger partial charge is 0.462 e. The van der Waals surface area contributed by atoms with Crippen molar-refractivity contribution in [3.05, 3.63) is 60.8 Å². The largest absolute Gasteiger partial charge is 0.472 e. The number of ether oxygens (including phenoxy) is 2.